The molecule has 2 rings (SSSR count). The Morgan fingerprint density at radius 3 is 2.45 bits per heavy atom. The van der Waals surface area contributed by atoms with Crippen molar-refractivity contribution in [3.05, 3.63) is 0 Å². The summed E-state index contributed by atoms with van der Waals surface area (Å²) in [7, 11) is 0. The molecule has 1 saturated heterocycles. The van der Waals surface area contributed by atoms with Gasteiger partial charge in [0.25, 0.3) is 0 Å². The molecular weight excluding hydrogens is 280 g/mol. The third-order valence-corrected chi connectivity index (χ3v) is 5.11. The lowest BCUT2D eigenvalue weighted by atomic mass is 9.88. The molecule has 0 radical (unpaired) electrons. The largest absolute Gasteiger partial charge is 0.393 e. The van der Waals surface area contributed by atoms with Gasteiger partial charge in [-0.2, -0.15) is 0 Å². The molecule has 3 atom stereocenters. The summed E-state index contributed by atoms with van der Waals surface area (Å²) >= 11 is 0. The first-order valence-electron chi connectivity index (χ1n) is 8.73. The minimum atomic E-state index is -0.360. The second-order valence-corrected chi connectivity index (χ2v) is 7.08. The van der Waals surface area contributed by atoms with Gasteiger partial charge in [-0.3, -0.25) is 9.59 Å². The van der Waals surface area contributed by atoms with Crippen LogP contribution in [0.3, 0.4) is 0 Å². The molecule has 5 heteroatoms. The number of amides is 2. The van der Waals surface area contributed by atoms with Crippen molar-refractivity contribution in [2.45, 2.75) is 70.9 Å². The van der Waals surface area contributed by atoms with Gasteiger partial charge in [0.05, 0.1) is 6.10 Å². The number of rotatable bonds is 5. The van der Waals surface area contributed by atoms with Crippen LogP contribution >= 0.6 is 0 Å². The lowest BCUT2D eigenvalue weighted by Gasteiger charge is -2.24. The van der Waals surface area contributed by atoms with E-state index >= 15 is 0 Å². The van der Waals surface area contributed by atoms with E-state index in [2.05, 4.69) is 5.32 Å². The zero-order valence-corrected chi connectivity index (χ0v) is 13.9. The van der Waals surface area contributed by atoms with Crippen LogP contribution < -0.4 is 5.32 Å². The van der Waals surface area contributed by atoms with Gasteiger partial charge in [-0.05, 0) is 33.1 Å². The number of aliphatic hydroxyl groups is 1. The molecule has 1 heterocycles. The molecule has 126 valence electrons. The standard InChI is InChI=1S/C17H30N2O3/c1-12(18-17(22)14-6-4-3-5-7-14)10-16(21)19-9-8-15(11-19)13(2)20/h12-15,20H,3-11H2,1-2H3,(H,18,22). The van der Waals surface area contributed by atoms with Crippen LogP contribution in [0.15, 0.2) is 0 Å². The fraction of sp³-hybridized carbons (Fsp3) is 0.882. The van der Waals surface area contributed by atoms with Crippen molar-refractivity contribution in [1.29, 1.82) is 0 Å². The summed E-state index contributed by atoms with van der Waals surface area (Å²) in [5.41, 5.74) is 0. The molecule has 3 unspecified atom stereocenters. The summed E-state index contributed by atoms with van der Waals surface area (Å²) in [6, 6.07) is -0.118. The second-order valence-electron chi connectivity index (χ2n) is 7.08. The number of carbonyl (C=O) groups excluding carboxylic acids is 2. The van der Waals surface area contributed by atoms with Crippen molar-refractivity contribution in [2.75, 3.05) is 13.1 Å². The van der Waals surface area contributed by atoms with E-state index in [4.69, 9.17) is 0 Å². The highest BCUT2D eigenvalue weighted by molar-refractivity contribution is 5.81. The highest BCUT2D eigenvalue weighted by atomic mass is 16.3. The average Bonchev–Trinajstić information content (AvgIpc) is 2.98. The monoisotopic (exact) mass is 310 g/mol. The van der Waals surface area contributed by atoms with Crippen LogP contribution in [0.4, 0.5) is 0 Å². The smallest absolute Gasteiger partial charge is 0.224 e. The highest BCUT2D eigenvalue weighted by Crippen LogP contribution is 2.24. The Hall–Kier alpha value is -1.10. The van der Waals surface area contributed by atoms with Gasteiger partial charge in [-0.1, -0.05) is 19.3 Å². The summed E-state index contributed by atoms with van der Waals surface area (Å²) in [6.45, 7) is 5.05. The maximum absolute atomic E-state index is 12.3. The molecule has 1 aliphatic carbocycles. The van der Waals surface area contributed by atoms with Crippen LogP contribution in [-0.2, 0) is 9.59 Å². The van der Waals surface area contributed by atoms with Gasteiger partial charge < -0.3 is 15.3 Å². The molecule has 0 aromatic rings. The van der Waals surface area contributed by atoms with Gasteiger partial charge in [0.15, 0.2) is 0 Å². The number of nitrogens with zero attached hydrogens (tertiary/aromatic N) is 1. The molecule has 5 nitrogen and oxygen atoms in total. The van der Waals surface area contributed by atoms with E-state index in [1.807, 2.05) is 11.8 Å². The van der Waals surface area contributed by atoms with Gasteiger partial charge >= 0.3 is 0 Å². The number of carbonyl (C=O) groups is 2. The molecule has 2 aliphatic rings. The fourth-order valence-corrected chi connectivity index (χ4v) is 3.58. The van der Waals surface area contributed by atoms with E-state index in [-0.39, 0.29) is 35.8 Å². The van der Waals surface area contributed by atoms with Crippen molar-refractivity contribution in [2.24, 2.45) is 11.8 Å². The van der Waals surface area contributed by atoms with Gasteiger partial charge in [0, 0.05) is 37.4 Å². The third-order valence-electron chi connectivity index (χ3n) is 5.11. The van der Waals surface area contributed by atoms with Crippen molar-refractivity contribution < 1.29 is 14.7 Å². The Balaban J connectivity index is 1.73. The second kappa shape index (κ2) is 7.95. The maximum Gasteiger partial charge on any atom is 0.224 e. The van der Waals surface area contributed by atoms with Crippen LogP contribution in [0.25, 0.3) is 0 Å². The fourth-order valence-electron chi connectivity index (χ4n) is 3.58. The molecule has 2 N–H and O–H groups in total. The SMILES string of the molecule is CC(CC(=O)N1CCC(C(C)O)C1)NC(=O)C1CCCCC1. The first kappa shape index (κ1) is 17.3. The molecule has 2 amide bonds. The van der Waals surface area contributed by atoms with Crippen LogP contribution in [0.1, 0.15) is 58.8 Å². The van der Waals surface area contributed by atoms with Crippen LogP contribution in [-0.4, -0.2) is 47.1 Å². The van der Waals surface area contributed by atoms with E-state index in [1.165, 1.54) is 6.42 Å². The van der Waals surface area contributed by atoms with E-state index in [0.29, 0.717) is 13.0 Å². The molecule has 1 aliphatic heterocycles. The van der Waals surface area contributed by atoms with Crippen LogP contribution in [0, 0.1) is 11.8 Å². The number of hydrogen-bond acceptors (Lipinski definition) is 3. The van der Waals surface area contributed by atoms with Gasteiger partial charge in [-0.25, -0.2) is 0 Å². The quantitative estimate of drug-likeness (QED) is 0.812. The number of nitrogens with one attached hydrogen (secondary N) is 1. The summed E-state index contributed by atoms with van der Waals surface area (Å²) < 4.78 is 0. The molecule has 0 bridgehead atoms. The molecule has 0 spiro atoms. The van der Waals surface area contributed by atoms with E-state index < -0.39 is 0 Å². The molecule has 1 saturated carbocycles. The summed E-state index contributed by atoms with van der Waals surface area (Å²) in [5.74, 6) is 0.525. The third kappa shape index (κ3) is 4.70. The normalized spacial score (nSPS) is 25.8. The Kier molecular flexibility index (Phi) is 6.24. The Morgan fingerprint density at radius 2 is 1.86 bits per heavy atom. The van der Waals surface area contributed by atoms with Crippen molar-refractivity contribution in [3.63, 3.8) is 0 Å². The lowest BCUT2D eigenvalue weighted by molar-refractivity contribution is -0.131. The number of hydrogen-bond donors (Lipinski definition) is 2. The van der Waals surface area contributed by atoms with Gasteiger partial charge in [-0.15, -0.1) is 0 Å². The summed E-state index contributed by atoms with van der Waals surface area (Å²) in [5, 5.41) is 12.6. The topological polar surface area (TPSA) is 69.6 Å². The summed E-state index contributed by atoms with van der Waals surface area (Å²) in [4.78, 5) is 26.3. The highest BCUT2D eigenvalue weighted by Gasteiger charge is 2.30. The van der Waals surface area contributed by atoms with Crippen molar-refractivity contribution >= 4 is 11.8 Å². The minimum absolute atomic E-state index is 0.0830. The predicted octanol–water partition coefficient (Wildman–Crippen LogP) is 1.69. The van der Waals surface area contributed by atoms with Crippen molar-refractivity contribution in [3.8, 4) is 0 Å². The van der Waals surface area contributed by atoms with Crippen LogP contribution in [0.5, 0.6) is 0 Å². The minimum Gasteiger partial charge on any atom is -0.393 e. The Bertz CT molecular complexity index is 391. The first-order valence-corrected chi connectivity index (χ1v) is 8.73. The first-order chi connectivity index (χ1) is 10.5. The lowest BCUT2D eigenvalue weighted by Crippen LogP contribution is -2.41. The van der Waals surface area contributed by atoms with Crippen LogP contribution in [0.2, 0.25) is 0 Å². The molecule has 2 fully saturated rings. The van der Waals surface area contributed by atoms with Gasteiger partial charge in [0.1, 0.15) is 0 Å². The predicted molar refractivity (Wildman–Crippen MR) is 85.2 cm³/mol. The summed E-state index contributed by atoms with van der Waals surface area (Å²) in [6.07, 6.45) is 6.33. The zero-order chi connectivity index (χ0) is 16.1. The Labute approximate surface area is 133 Å². The molecule has 22 heavy (non-hydrogen) atoms. The van der Waals surface area contributed by atoms with E-state index in [9.17, 15) is 14.7 Å². The number of likely N-dealkylation sites (tertiary alicyclic amines) is 1. The molecule has 0 aromatic heterocycles. The van der Waals surface area contributed by atoms with E-state index in [0.717, 1.165) is 38.6 Å². The maximum atomic E-state index is 12.3. The molecular formula is C17H30N2O3. The molecule has 0 aromatic carbocycles. The zero-order valence-electron chi connectivity index (χ0n) is 13.9. The van der Waals surface area contributed by atoms with E-state index in [1.54, 1.807) is 6.92 Å². The van der Waals surface area contributed by atoms with Crippen molar-refractivity contribution in [1.82, 2.24) is 10.2 Å². The average molecular weight is 310 g/mol. The Morgan fingerprint density at radius 1 is 1.18 bits per heavy atom. The number of aliphatic hydroxyl groups excluding tert-OH is 1. The van der Waals surface area contributed by atoms with Gasteiger partial charge in [0.2, 0.25) is 11.8 Å².